The van der Waals surface area contributed by atoms with Crippen LogP contribution in [0.5, 0.6) is 0 Å². The minimum atomic E-state index is -0.599. The Kier molecular flexibility index (Phi) is 5.09. The van der Waals surface area contributed by atoms with Crippen LogP contribution in [0.25, 0.3) is 0 Å². The van der Waals surface area contributed by atoms with Gasteiger partial charge < -0.3 is 4.74 Å². The fourth-order valence-corrected chi connectivity index (χ4v) is 3.39. The number of nitrogens with zero attached hydrogens (tertiary/aromatic N) is 1. The first kappa shape index (κ1) is 19.2. The molecular weight excluding hydrogens is 413 g/mol. The van der Waals surface area contributed by atoms with Crippen LogP contribution in [0.4, 0.5) is 5.69 Å². The number of halogens is 2. The Morgan fingerprint density at radius 2 is 1.55 bits per heavy atom. The van der Waals surface area contributed by atoms with Gasteiger partial charge in [-0.05, 0) is 60.2 Å². The fourth-order valence-electron chi connectivity index (χ4n) is 3.05. The number of carbonyl (C=O) groups is 3. The summed E-state index contributed by atoms with van der Waals surface area (Å²) in [4.78, 5) is 38.9. The van der Waals surface area contributed by atoms with Crippen molar-refractivity contribution >= 4 is 46.7 Å². The summed E-state index contributed by atoms with van der Waals surface area (Å²) < 4.78 is 5.29. The monoisotopic (exact) mass is 425 g/mol. The summed E-state index contributed by atoms with van der Waals surface area (Å²) >= 11 is 11.8. The van der Waals surface area contributed by atoms with E-state index in [1.165, 1.54) is 18.2 Å². The van der Waals surface area contributed by atoms with Crippen LogP contribution >= 0.6 is 23.2 Å². The highest BCUT2D eigenvalue weighted by molar-refractivity contribution is 6.35. The van der Waals surface area contributed by atoms with E-state index in [2.05, 4.69) is 0 Å². The van der Waals surface area contributed by atoms with Crippen molar-refractivity contribution in [3.05, 3.63) is 99.0 Å². The van der Waals surface area contributed by atoms with Crippen molar-refractivity contribution < 1.29 is 19.1 Å². The van der Waals surface area contributed by atoms with E-state index in [1.807, 2.05) is 0 Å². The Hall–Kier alpha value is -3.15. The Balaban J connectivity index is 1.55. The van der Waals surface area contributed by atoms with E-state index < -0.39 is 17.8 Å². The molecule has 0 aromatic heterocycles. The van der Waals surface area contributed by atoms with Crippen molar-refractivity contribution in [2.75, 3.05) is 4.90 Å². The van der Waals surface area contributed by atoms with Crippen LogP contribution in [0.1, 0.15) is 36.6 Å². The number of anilines is 1. The lowest BCUT2D eigenvalue weighted by Gasteiger charge is -2.13. The quantitative estimate of drug-likeness (QED) is 0.428. The first-order chi connectivity index (χ1) is 13.9. The maximum Gasteiger partial charge on any atom is 0.338 e. The summed E-state index contributed by atoms with van der Waals surface area (Å²) in [6, 6.07) is 17.6. The summed E-state index contributed by atoms with van der Waals surface area (Å²) in [7, 11) is 0. The van der Waals surface area contributed by atoms with Gasteiger partial charge in [-0.2, -0.15) is 0 Å². The second-order valence-electron chi connectivity index (χ2n) is 6.39. The standard InChI is InChI=1S/C22H13Cl2NO4/c23-15-5-7-17(8-6-15)25-20(26)18-9-4-14(11-19(18)21(25)27)22(28)29-12-13-2-1-3-16(24)10-13/h1-11H,12H2. The van der Waals surface area contributed by atoms with Crippen LogP contribution in [-0.4, -0.2) is 17.8 Å². The molecule has 0 N–H and O–H groups in total. The molecule has 0 saturated heterocycles. The zero-order valence-corrected chi connectivity index (χ0v) is 16.4. The number of carbonyl (C=O) groups excluding carboxylic acids is 3. The molecule has 0 bridgehead atoms. The molecule has 0 fully saturated rings. The first-order valence-electron chi connectivity index (χ1n) is 8.64. The maximum absolute atomic E-state index is 12.8. The minimum absolute atomic E-state index is 0.0419. The minimum Gasteiger partial charge on any atom is -0.457 e. The number of ether oxygens (including phenoxy) is 1. The second-order valence-corrected chi connectivity index (χ2v) is 7.26. The van der Waals surface area contributed by atoms with Gasteiger partial charge in [-0.3, -0.25) is 9.59 Å². The van der Waals surface area contributed by atoms with Gasteiger partial charge in [0.15, 0.2) is 0 Å². The normalized spacial score (nSPS) is 12.8. The summed E-state index contributed by atoms with van der Waals surface area (Å²) in [6.07, 6.45) is 0. The maximum atomic E-state index is 12.8. The van der Waals surface area contributed by atoms with Gasteiger partial charge in [0.05, 0.1) is 22.4 Å². The molecule has 0 atom stereocenters. The van der Waals surface area contributed by atoms with Crippen molar-refractivity contribution in [3.63, 3.8) is 0 Å². The highest BCUT2D eigenvalue weighted by Gasteiger charge is 2.37. The number of benzene rings is 3. The van der Waals surface area contributed by atoms with E-state index in [9.17, 15) is 14.4 Å². The summed E-state index contributed by atoms with van der Waals surface area (Å²) in [5.74, 6) is -1.55. The molecule has 3 aromatic rings. The van der Waals surface area contributed by atoms with E-state index >= 15 is 0 Å². The zero-order valence-electron chi connectivity index (χ0n) is 14.9. The number of imide groups is 1. The molecule has 3 aromatic carbocycles. The zero-order chi connectivity index (χ0) is 20.5. The molecule has 0 spiro atoms. The van der Waals surface area contributed by atoms with E-state index in [-0.39, 0.29) is 23.3 Å². The van der Waals surface area contributed by atoms with Crippen LogP contribution in [-0.2, 0) is 11.3 Å². The predicted molar refractivity (Wildman–Crippen MR) is 110 cm³/mol. The molecule has 1 heterocycles. The molecule has 29 heavy (non-hydrogen) atoms. The van der Waals surface area contributed by atoms with Gasteiger partial charge in [0, 0.05) is 10.0 Å². The van der Waals surface area contributed by atoms with Gasteiger partial charge in [0.1, 0.15) is 6.61 Å². The first-order valence-corrected chi connectivity index (χ1v) is 9.39. The number of hydrogen-bond donors (Lipinski definition) is 0. The Morgan fingerprint density at radius 1 is 0.828 bits per heavy atom. The van der Waals surface area contributed by atoms with Gasteiger partial charge in [0.25, 0.3) is 11.8 Å². The van der Waals surface area contributed by atoms with Crippen LogP contribution in [0.3, 0.4) is 0 Å². The average Bonchev–Trinajstić information content (AvgIpc) is 2.97. The van der Waals surface area contributed by atoms with Gasteiger partial charge in [-0.15, -0.1) is 0 Å². The van der Waals surface area contributed by atoms with Crippen LogP contribution in [0.15, 0.2) is 66.7 Å². The molecule has 1 aliphatic rings. The average molecular weight is 426 g/mol. The third kappa shape index (κ3) is 3.75. The van der Waals surface area contributed by atoms with E-state index in [0.29, 0.717) is 15.7 Å². The lowest BCUT2D eigenvalue weighted by atomic mass is 10.1. The molecule has 2 amide bonds. The Labute approximate surface area is 176 Å². The van der Waals surface area contributed by atoms with Gasteiger partial charge in [0.2, 0.25) is 0 Å². The lowest BCUT2D eigenvalue weighted by molar-refractivity contribution is 0.0472. The highest BCUT2D eigenvalue weighted by Crippen LogP contribution is 2.30. The number of fused-ring (bicyclic) bond motifs is 1. The smallest absolute Gasteiger partial charge is 0.338 e. The SMILES string of the molecule is O=C(OCc1cccc(Cl)c1)c1ccc2c(c1)C(=O)N(c1ccc(Cl)cc1)C2=O. The van der Waals surface area contributed by atoms with Crippen LogP contribution in [0.2, 0.25) is 10.0 Å². The molecule has 1 aliphatic heterocycles. The Bertz CT molecular complexity index is 1140. The van der Waals surface area contributed by atoms with E-state index in [0.717, 1.165) is 10.5 Å². The van der Waals surface area contributed by atoms with Crippen LogP contribution in [0, 0.1) is 0 Å². The third-order valence-electron chi connectivity index (χ3n) is 4.47. The topological polar surface area (TPSA) is 63.7 Å². The third-order valence-corrected chi connectivity index (χ3v) is 4.95. The number of amides is 2. The Morgan fingerprint density at radius 3 is 2.28 bits per heavy atom. The molecule has 0 unspecified atom stereocenters. The molecule has 4 rings (SSSR count). The number of rotatable bonds is 4. The van der Waals surface area contributed by atoms with Gasteiger partial charge in [-0.25, -0.2) is 9.69 Å². The lowest BCUT2D eigenvalue weighted by Crippen LogP contribution is -2.29. The largest absolute Gasteiger partial charge is 0.457 e. The molecule has 0 aliphatic carbocycles. The van der Waals surface area contributed by atoms with Crippen LogP contribution < -0.4 is 4.90 Å². The molecule has 5 nitrogen and oxygen atoms in total. The molecule has 7 heteroatoms. The van der Waals surface area contributed by atoms with E-state index in [1.54, 1.807) is 48.5 Å². The fraction of sp³-hybridized carbons (Fsp3) is 0.0455. The number of esters is 1. The summed E-state index contributed by atoms with van der Waals surface area (Å²) in [6.45, 7) is 0.0419. The van der Waals surface area contributed by atoms with Crippen molar-refractivity contribution in [1.82, 2.24) is 0 Å². The van der Waals surface area contributed by atoms with Crippen molar-refractivity contribution in [2.24, 2.45) is 0 Å². The van der Waals surface area contributed by atoms with E-state index in [4.69, 9.17) is 27.9 Å². The van der Waals surface area contributed by atoms with Gasteiger partial charge in [-0.1, -0.05) is 35.3 Å². The molecular formula is C22H13Cl2NO4. The highest BCUT2D eigenvalue weighted by atomic mass is 35.5. The molecule has 0 radical (unpaired) electrons. The van der Waals surface area contributed by atoms with Crippen molar-refractivity contribution in [3.8, 4) is 0 Å². The van der Waals surface area contributed by atoms with Crippen molar-refractivity contribution in [1.29, 1.82) is 0 Å². The predicted octanol–water partition coefficient (Wildman–Crippen LogP) is 5.15. The summed E-state index contributed by atoms with van der Waals surface area (Å²) in [5.41, 5.74) is 1.72. The molecule has 0 saturated carbocycles. The summed E-state index contributed by atoms with van der Waals surface area (Å²) in [5, 5.41) is 1.04. The second kappa shape index (κ2) is 7.70. The van der Waals surface area contributed by atoms with Crippen molar-refractivity contribution in [2.45, 2.75) is 6.61 Å². The van der Waals surface area contributed by atoms with Gasteiger partial charge >= 0.3 is 5.97 Å². The number of hydrogen-bond acceptors (Lipinski definition) is 4. The molecule has 144 valence electrons.